The van der Waals surface area contributed by atoms with Gasteiger partial charge in [-0.15, -0.1) is 0 Å². The SMILES string of the molecule is CC(C)NC(=O)C(C)C(C)(C)C1(C)CC1(C)C#N. The average molecular weight is 250 g/mol. The van der Waals surface area contributed by atoms with E-state index in [2.05, 4.69) is 32.2 Å². The molecule has 3 nitrogen and oxygen atoms in total. The number of hydrogen-bond donors (Lipinski definition) is 1. The molecule has 0 aromatic rings. The van der Waals surface area contributed by atoms with Crippen LogP contribution in [-0.2, 0) is 4.79 Å². The van der Waals surface area contributed by atoms with E-state index < -0.39 is 0 Å². The summed E-state index contributed by atoms with van der Waals surface area (Å²) in [6, 6.07) is 2.57. The van der Waals surface area contributed by atoms with Crippen molar-refractivity contribution in [3.8, 4) is 6.07 Å². The van der Waals surface area contributed by atoms with Gasteiger partial charge in [0.1, 0.15) is 0 Å². The van der Waals surface area contributed by atoms with Crippen molar-refractivity contribution < 1.29 is 4.79 Å². The van der Waals surface area contributed by atoms with E-state index in [-0.39, 0.29) is 34.1 Å². The lowest BCUT2D eigenvalue weighted by atomic mass is 9.65. The Bertz CT molecular complexity index is 394. The molecule has 0 aliphatic heterocycles. The Morgan fingerprint density at radius 1 is 1.33 bits per heavy atom. The minimum absolute atomic E-state index is 0.0809. The molecule has 3 heteroatoms. The number of hydrogen-bond acceptors (Lipinski definition) is 2. The van der Waals surface area contributed by atoms with Crippen molar-refractivity contribution >= 4 is 5.91 Å². The second-order valence-corrected chi connectivity index (χ2v) is 7.06. The van der Waals surface area contributed by atoms with E-state index >= 15 is 0 Å². The number of rotatable bonds is 4. The van der Waals surface area contributed by atoms with Crippen LogP contribution >= 0.6 is 0 Å². The summed E-state index contributed by atoms with van der Waals surface area (Å²) in [5.74, 6) is -0.0107. The van der Waals surface area contributed by atoms with Gasteiger partial charge in [-0.1, -0.05) is 27.7 Å². The highest BCUT2D eigenvalue weighted by atomic mass is 16.1. The third-order valence-corrected chi connectivity index (χ3v) is 5.38. The van der Waals surface area contributed by atoms with Crippen molar-refractivity contribution in [2.45, 2.75) is 60.9 Å². The van der Waals surface area contributed by atoms with Crippen LogP contribution in [0.5, 0.6) is 0 Å². The quantitative estimate of drug-likeness (QED) is 0.833. The van der Waals surface area contributed by atoms with E-state index in [1.54, 1.807) is 0 Å². The molecule has 1 fully saturated rings. The normalized spacial score (nSPS) is 32.8. The van der Waals surface area contributed by atoms with Gasteiger partial charge in [0.2, 0.25) is 5.91 Å². The first kappa shape index (κ1) is 15.0. The smallest absolute Gasteiger partial charge is 0.223 e. The van der Waals surface area contributed by atoms with E-state index in [1.165, 1.54) is 0 Å². The molecule has 0 bridgehead atoms. The van der Waals surface area contributed by atoms with Crippen LogP contribution in [0.25, 0.3) is 0 Å². The van der Waals surface area contributed by atoms with Gasteiger partial charge in [-0.05, 0) is 38.0 Å². The van der Waals surface area contributed by atoms with Crippen molar-refractivity contribution in [3.63, 3.8) is 0 Å². The zero-order valence-corrected chi connectivity index (χ0v) is 12.7. The number of nitriles is 1. The van der Waals surface area contributed by atoms with Gasteiger partial charge in [-0.2, -0.15) is 5.26 Å². The van der Waals surface area contributed by atoms with Gasteiger partial charge < -0.3 is 5.32 Å². The Morgan fingerprint density at radius 3 is 2.17 bits per heavy atom. The second kappa shape index (κ2) is 4.26. The predicted octanol–water partition coefficient (Wildman–Crippen LogP) is 3.11. The van der Waals surface area contributed by atoms with E-state index in [0.29, 0.717) is 0 Å². The first-order chi connectivity index (χ1) is 8.02. The second-order valence-electron chi connectivity index (χ2n) is 7.06. The number of amides is 1. The Hall–Kier alpha value is -1.04. The van der Waals surface area contributed by atoms with Gasteiger partial charge in [0.25, 0.3) is 0 Å². The molecule has 0 spiro atoms. The van der Waals surface area contributed by atoms with Crippen LogP contribution in [0.4, 0.5) is 0 Å². The molecule has 1 saturated carbocycles. The van der Waals surface area contributed by atoms with E-state index in [4.69, 9.17) is 0 Å². The summed E-state index contributed by atoms with van der Waals surface area (Å²) in [4.78, 5) is 12.2. The maximum atomic E-state index is 12.2. The van der Waals surface area contributed by atoms with Crippen LogP contribution in [0.15, 0.2) is 0 Å². The van der Waals surface area contributed by atoms with Crippen LogP contribution in [0, 0.1) is 33.5 Å². The summed E-state index contributed by atoms with van der Waals surface area (Å²) >= 11 is 0. The zero-order valence-electron chi connectivity index (χ0n) is 12.7. The minimum Gasteiger partial charge on any atom is -0.354 e. The molecule has 18 heavy (non-hydrogen) atoms. The fourth-order valence-electron chi connectivity index (χ4n) is 2.98. The molecule has 0 radical (unpaired) electrons. The number of nitrogens with zero attached hydrogens (tertiary/aromatic N) is 1. The molecule has 1 N–H and O–H groups in total. The van der Waals surface area contributed by atoms with Crippen molar-refractivity contribution in [1.82, 2.24) is 5.32 Å². The molecule has 3 atom stereocenters. The molecule has 0 heterocycles. The Kier molecular flexibility index (Phi) is 3.55. The van der Waals surface area contributed by atoms with Crippen molar-refractivity contribution in [2.24, 2.45) is 22.2 Å². The van der Waals surface area contributed by atoms with Crippen molar-refractivity contribution in [1.29, 1.82) is 5.26 Å². The number of nitrogens with one attached hydrogen (secondary N) is 1. The molecule has 102 valence electrons. The van der Waals surface area contributed by atoms with Crippen LogP contribution in [-0.4, -0.2) is 11.9 Å². The summed E-state index contributed by atoms with van der Waals surface area (Å²) in [5, 5.41) is 12.3. The highest BCUT2D eigenvalue weighted by molar-refractivity contribution is 5.79. The molecule has 1 aliphatic carbocycles. The lowest BCUT2D eigenvalue weighted by Crippen LogP contribution is -2.44. The van der Waals surface area contributed by atoms with Crippen molar-refractivity contribution in [2.75, 3.05) is 0 Å². The summed E-state index contributed by atoms with van der Waals surface area (Å²) in [6.07, 6.45) is 0.878. The third-order valence-electron chi connectivity index (χ3n) is 5.38. The Morgan fingerprint density at radius 2 is 1.83 bits per heavy atom. The van der Waals surface area contributed by atoms with Gasteiger partial charge in [-0.25, -0.2) is 0 Å². The highest BCUT2D eigenvalue weighted by Crippen LogP contribution is 2.72. The lowest BCUT2D eigenvalue weighted by molar-refractivity contribution is -0.130. The zero-order chi connectivity index (χ0) is 14.4. The van der Waals surface area contributed by atoms with Gasteiger partial charge in [0.15, 0.2) is 0 Å². The Labute approximate surface area is 111 Å². The number of carbonyl (C=O) groups excluding carboxylic acids is 1. The molecular weight excluding hydrogens is 224 g/mol. The molecule has 0 aromatic carbocycles. The molecule has 0 aromatic heterocycles. The molecule has 1 amide bonds. The third kappa shape index (κ3) is 2.02. The van der Waals surface area contributed by atoms with Gasteiger partial charge in [0, 0.05) is 12.0 Å². The van der Waals surface area contributed by atoms with Crippen LogP contribution in [0.1, 0.15) is 54.9 Å². The average Bonchev–Trinajstić information content (AvgIpc) is 2.82. The maximum absolute atomic E-state index is 12.2. The predicted molar refractivity (Wildman–Crippen MR) is 72.7 cm³/mol. The monoisotopic (exact) mass is 250 g/mol. The van der Waals surface area contributed by atoms with E-state index in [0.717, 1.165) is 6.42 Å². The van der Waals surface area contributed by atoms with Gasteiger partial charge >= 0.3 is 0 Å². The molecule has 3 unspecified atom stereocenters. The molecular formula is C15H26N2O. The first-order valence-electron chi connectivity index (χ1n) is 6.73. The number of carbonyl (C=O) groups is 1. The van der Waals surface area contributed by atoms with Crippen LogP contribution < -0.4 is 5.32 Å². The summed E-state index contributed by atoms with van der Waals surface area (Å²) in [6.45, 7) is 14.3. The molecule has 1 rings (SSSR count). The summed E-state index contributed by atoms with van der Waals surface area (Å²) in [5.41, 5.74) is -0.554. The minimum atomic E-state index is -0.289. The summed E-state index contributed by atoms with van der Waals surface area (Å²) < 4.78 is 0. The lowest BCUT2D eigenvalue weighted by Gasteiger charge is -2.39. The van der Waals surface area contributed by atoms with E-state index in [1.807, 2.05) is 27.7 Å². The largest absolute Gasteiger partial charge is 0.354 e. The van der Waals surface area contributed by atoms with Crippen LogP contribution in [0.2, 0.25) is 0 Å². The fourth-order valence-corrected chi connectivity index (χ4v) is 2.98. The van der Waals surface area contributed by atoms with Gasteiger partial charge in [0.05, 0.1) is 11.5 Å². The van der Waals surface area contributed by atoms with E-state index in [9.17, 15) is 10.1 Å². The Balaban J connectivity index is 2.89. The topological polar surface area (TPSA) is 52.9 Å². The maximum Gasteiger partial charge on any atom is 0.223 e. The highest BCUT2D eigenvalue weighted by Gasteiger charge is 2.69. The molecule has 1 aliphatic rings. The standard InChI is InChI=1S/C15H26N2O/c1-10(2)17-12(18)11(3)13(4,5)15(7)8-14(15,6)9-16/h10-11H,8H2,1-7H3,(H,17,18). The summed E-state index contributed by atoms with van der Waals surface area (Å²) in [7, 11) is 0. The molecule has 0 saturated heterocycles. The fraction of sp³-hybridized carbons (Fsp3) is 0.867. The van der Waals surface area contributed by atoms with Crippen molar-refractivity contribution in [3.05, 3.63) is 0 Å². The van der Waals surface area contributed by atoms with Gasteiger partial charge in [-0.3, -0.25) is 4.79 Å². The van der Waals surface area contributed by atoms with Crippen LogP contribution in [0.3, 0.4) is 0 Å². The first-order valence-corrected chi connectivity index (χ1v) is 6.73.